The minimum Gasteiger partial charge on any atom is -0.338 e. The van der Waals surface area contributed by atoms with Gasteiger partial charge in [0.2, 0.25) is 10.0 Å². The van der Waals surface area contributed by atoms with E-state index in [4.69, 9.17) is 0 Å². The quantitative estimate of drug-likeness (QED) is 0.788. The van der Waals surface area contributed by atoms with Crippen LogP contribution in [0.25, 0.3) is 22.4 Å². The largest absolute Gasteiger partial charge is 0.338 e. The standard InChI is InChI=1S/C13H15N5O2S/c1-17(2)21(19,20)10-4-5-11-12(6-10)16-13(15-11)9-7-14-18(3)8-9/h4-8H,1-3H3,(H,15,16). The second-order valence-corrected chi connectivity index (χ2v) is 7.11. The van der Waals surface area contributed by atoms with Crippen LogP contribution in [0, 0.1) is 0 Å². The number of aryl methyl sites for hydroxylation is 1. The topological polar surface area (TPSA) is 83.9 Å². The maximum atomic E-state index is 12.1. The molecule has 1 N–H and O–H groups in total. The lowest BCUT2D eigenvalue weighted by molar-refractivity contribution is 0.521. The SMILES string of the molecule is CN(C)S(=O)(=O)c1ccc2nc(-c3cnn(C)c3)[nH]c2c1. The summed E-state index contributed by atoms with van der Waals surface area (Å²) in [6, 6.07) is 4.85. The summed E-state index contributed by atoms with van der Waals surface area (Å²) in [5, 5.41) is 4.10. The van der Waals surface area contributed by atoms with E-state index in [9.17, 15) is 8.42 Å². The van der Waals surface area contributed by atoms with Crippen molar-refractivity contribution in [1.82, 2.24) is 24.1 Å². The van der Waals surface area contributed by atoms with Gasteiger partial charge in [0.15, 0.2) is 0 Å². The minimum absolute atomic E-state index is 0.237. The van der Waals surface area contributed by atoms with Crippen LogP contribution < -0.4 is 0 Å². The molecular formula is C13H15N5O2S. The van der Waals surface area contributed by atoms with Crippen molar-refractivity contribution in [2.75, 3.05) is 14.1 Å². The van der Waals surface area contributed by atoms with E-state index in [-0.39, 0.29) is 4.90 Å². The first-order valence-corrected chi connectivity index (χ1v) is 7.73. The Labute approximate surface area is 122 Å². The minimum atomic E-state index is -3.45. The van der Waals surface area contributed by atoms with Gasteiger partial charge in [-0.3, -0.25) is 4.68 Å². The van der Waals surface area contributed by atoms with Crippen molar-refractivity contribution >= 4 is 21.1 Å². The monoisotopic (exact) mass is 305 g/mol. The highest BCUT2D eigenvalue weighted by molar-refractivity contribution is 7.89. The maximum absolute atomic E-state index is 12.1. The molecular weight excluding hydrogens is 290 g/mol. The Kier molecular flexibility index (Phi) is 3.07. The van der Waals surface area contributed by atoms with Crippen LogP contribution in [0.15, 0.2) is 35.5 Å². The summed E-state index contributed by atoms with van der Waals surface area (Å²) < 4.78 is 27.1. The first kappa shape index (κ1) is 13.8. The van der Waals surface area contributed by atoms with Gasteiger partial charge in [-0.1, -0.05) is 0 Å². The fourth-order valence-electron chi connectivity index (χ4n) is 2.04. The van der Waals surface area contributed by atoms with Crippen LogP contribution in [0.5, 0.6) is 0 Å². The number of imidazole rings is 1. The predicted molar refractivity (Wildman–Crippen MR) is 79.2 cm³/mol. The van der Waals surface area contributed by atoms with E-state index in [0.717, 1.165) is 5.56 Å². The zero-order valence-electron chi connectivity index (χ0n) is 11.9. The highest BCUT2D eigenvalue weighted by Gasteiger charge is 2.18. The number of benzene rings is 1. The maximum Gasteiger partial charge on any atom is 0.242 e. The van der Waals surface area contributed by atoms with Gasteiger partial charge in [-0.15, -0.1) is 0 Å². The van der Waals surface area contributed by atoms with E-state index in [1.54, 1.807) is 29.1 Å². The summed E-state index contributed by atoms with van der Waals surface area (Å²) in [7, 11) is 1.39. The molecule has 7 nitrogen and oxygen atoms in total. The van der Waals surface area contributed by atoms with Crippen LogP contribution >= 0.6 is 0 Å². The molecule has 0 saturated carbocycles. The number of hydrogen-bond acceptors (Lipinski definition) is 4. The summed E-state index contributed by atoms with van der Waals surface area (Å²) in [5.74, 6) is 0.664. The van der Waals surface area contributed by atoms with Gasteiger partial charge in [0, 0.05) is 27.3 Å². The Hall–Kier alpha value is -2.19. The second-order valence-electron chi connectivity index (χ2n) is 4.95. The lowest BCUT2D eigenvalue weighted by Crippen LogP contribution is -2.22. The third kappa shape index (κ3) is 2.32. The fourth-order valence-corrected chi connectivity index (χ4v) is 2.97. The third-order valence-corrected chi connectivity index (χ3v) is 5.02. The Morgan fingerprint density at radius 3 is 2.67 bits per heavy atom. The van der Waals surface area contributed by atoms with Gasteiger partial charge in [-0.05, 0) is 18.2 Å². The Morgan fingerprint density at radius 2 is 2.05 bits per heavy atom. The van der Waals surface area contributed by atoms with Crippen LogP contribution in [0.1, 0.15) is 0 Å². The Balaban J connectivity index is 2.11. The zero-order chi connectivity index (χ0) is 15.2. The van der Waals surface area contributed by atoms with Crippen molar-refractivity contribution in [2.45, 2.75) is 4.90 Å². The molecule has 2 heterocycles. The highest BCUT2D eigenvalue weighted by Crippen LogP contribution is 2.23. The van der Waals surface area contributed by atoms with E-state index in [1.807, 2.05) is 13.2 Å². The number of aromatic nitrogens is 4. The van der Waals surface area contributed by atoms with Crippen LogP contribution in [0.2, 0.25) is 0 Å². The highest BCUT2D eigenvalue weighted by atomic mass is 32.2. The molecule has 0 radical (unpaired) electrons. The zero-order valence-corrected chi connectivity index (χ0v) is 12.7. The van der Waals surface area contributed by atoms with Gasteiger partial charge in [-0.25, -0.2) is 17.7 Å². The number of aromatic amines is 1. The predicted octanol–water partition coefficient (Wildman–Crippen LogP) is 1.21. The van der Waals surface area contributed by atoms with E-state index in [1.165, 1.54) is 18.4 Å². The molecule has 0 amide bonds. The van der Waals surface area contributed by atoms with Crippen molar-refractivity contribution in [3.8, 4) is 11.4 Å². The molecule has 8 heteroatoms. The lowest BCUT2D eigenvalue weighted by Gasteiger charge is -2.10. The van der Waals surface area contributed by atoms with Gasteiger partial charge in [0.25, 0.3) is 0 Å². The van der Waals surface area contributed by atoms with E-state index in [2.05, 4.69) is 15.1 Å². The molecule has 0 aliphatic carbocycles. The summed E-state index contributed by atoms with van der Waals surface area (Å²) in [4.78, 5) is 7.81. The third-order valence-electron chi connectivity index (χ3n) is 3.21. The van der Waals surface area contributed by atoms with Crippen LogP contribution in [-0.2, 0) is 17.1 Å². The molecule has 0 unspecified atom stereocenters. The van der Waals surface area contributed by atoms with E-state index < -0.39 is 10.0 Å². The van der Waals surface area contributed by atoms with Crippen molar-refractivity contribution in [2.24, 2.45) is 7.05 Å². The average molecular weight is 305 g/mol. The van der Waals surface area contributed by atoms with Crippen molar-refractivity contribution in [1.29, 1.82) is 0 Å². The fraction of sp³-hybridized carbons (Fsp3) is 0.231. The number of H-pyrrole nitrogens is 1. The van der Waals surface area contributed by atoms with Gasteiger partial charge < -0.3 is 4.98 Å². The number of sulfonamides is 1. The van der Waals surface area contributed by atoms with Gasteiger partial charge >= 0.3 is 0 Å². The molecule has 0 bridgehead atoms. The average Bonchev–Trinajstić information content (AvgIpc) is 3.03. The first-order chi connectivity index (χ1) is 9.88. The molecule has 0 aliphatic rings. The number of fused-ring (bicyclic) bond motifs is 1. The number of nitrogens with zero attached hydrogens (tertiary/aromatic N) is 4. The molecule has 21 heavy (non-hydrogen) atoms. The van der Waals surface area contributed by atoms with Crippen molar-refractivity contribution in [3.63, 3.8) is 0 Å². The molecule has 0 fully saturated rings. The Bertz CT molecular complexity index is 908. The summed E-state index contributed by atoms with van der Waals surface area (Å²) >= 11 is 0. The van der Waals surface area contributed by atoms with Gasteiger partial charge in [0.1, 0.15) is 5.82 Å². The number of hydrogen-bond donors (Lipinski definition) is 1. The van der Waals surface area contributed by atoms with Crippen LogP contribution in [-0.4, -0.2) is 46.6 Å². The summed E-state index contributed by atoms with van der Waals surface area (Å²) in [5.41, 5.74) is 2.24. The number of nitrogens with one attached hydrogen (secondary N) is 1. The molecule has 0 atom stereocenters. The van der Waals surface area contributed by atoms with Crippen molar-refractivity contribution in [3.05, 3.63) is 30.6 Å². The molecule has 0 spiro atoms. The van der Waals surface area contributed by atoms with Gasteiger partial charge in [-0.2, -0.15) is 5.10 Å². The van der Waals surface area contributed by atoms with E-state index >= 15 is 0 Å². The second kappa shape index (κ2) is 4.68. The normalized spacial score (nSPS) is 12.4. The summed E-state index contributed by atoms with van der Waals surface area (Å²) in [6.45, 7) is 0. The summed E-state index contributed by atoms with van der Waals surface area (Å²) in [6.07, 6.45) is 3.55. The van der Waals surface area contributed by atoms with Crippen molar-refractivity contribution < 1.29 is 8.42 Å². The molecule has 0 aliphatic heterocycles. The smallest absolute Gasteiger partial charge is 0.242 e. The lowest BCUT2D eigenvalue weighted by atomic mass is 10.3. The molecule has 110 valence electrons. The van der Waals surface area contributed by atoms with E-state index in [0.29, 0.717) is 16.9 Å². The molecule has 1 aromatic carbocycles. The van der Waals surface area contributed by atoms with Crippen LogP contribution in [0.4, 0.5) is 0 Å². The van der Waals surface area contributed by atoms with Crippen LogP contribution in [0.3, 0.4) is 0 Å². The Morgan fingerprint density at radius 1 is 1.29 bits per heavy atom. The number of rotatable bonds is 3. The molecule has 0 saturated heterocycles. The molecule has 3 aromatic rings. The van der Waals surface area contributed by atoms with Gasteiger partial charge in [0.05, 0.1) is 27.7 Å². The molecule has 3 rings (SSSR count). The molecule has 2 aromatic heterocycles. The first-order valence-electron chi connectivity index (χ1n) is 6.29.